The number of rotatable bonds is 5. The van der Waals surface area contributed by atoms with Crippen molar-refractivity contribution in [3.63, 3.8) is 0 Å². The van der Waals surface area contributed by atoms with Crippen LogP contribution in [0.5, 0.6) is 5.75 Å². The van der Waals surface area contributed by atoms with Gasteiger partial charge in [0.25, 0.3) is 0 Å². The molecule has 0 saturated heterocycles. The lowest BCUT2D eigenvalue weighted by Gasteiger charge is -2.20. The Morgan fingerprint density at radius 1 is 1.29 bits per heavy atom. The summed E-state index contributed by atoms with van der Waals surface area (Å²) in [5.41, 5.74) is 0.716. The van der Waals surface area contributed by atoms with Crippen molar-refractivity contribution < 1.29 is 14.3 Å². The molecule has 1 rings (SSSR count). The van der Waals surface area contributed by atoms with Gasteiger partial charge in [0, 0.05) is 6.04 Å². The maximum absolute atomic E-state index is 11.6. The second kappa shape index (κ2) is 7.72. The molecular weight excluding hydrogens is 266 g/mol. The number of carbonyl (C=O) groups excluding carboxylic acids is 1. The Morgan fingerprint density at radius 3 is 2.43 bits per heavy atom. The van der Waals surface area contributed by atoms with Crippen LogP contribution >= 0.6 is 0 Å². The van der Waals surface area contributed by atoms with E-state index in [-0.39, 0.29) is 6.04 Å². The summed E-state index contributed by atoms with van der Waals surface area (Å²) in [5.74, 6) is 0.850. The molecule has 1 aromatic carbocycles. The van der Waals surface area contributed by atoms with E-state index >= 15 is 0 Å². The smallest absolute Gasteiger partial charge is 0.408 e. The van der Waals surface area contributed by atoms with Gasteiger partial charge in [0.05, 0.1) is 7.11 Å². The predicted molar refractivity (Wildman–Crippen MR) is 84.7 cm³/mol. The van der Waals surface area contributed by atoms with E-state index in [4.69, 9.17) is 9.47 Å². The summed E-state index contributed by atoms with van der Waals surface area (Å²) in [5, 5.41) is 2.77. The lowest BCUT2D eigenvalue weighted by atomic mass is 10.1. The van der Waals surface area contributed by atoms with Crippen molar-refractivity contribution in [2.45, 2.75) is 45.8 Å². The minimum atomic E-state index is -0.476. The minimum absolute atomic E-state index is 0.0712. The van der Waals surface area contributed by atoms with Crippen LogP contribution in [0.1, 0.15) is 33.3 Å². The Kier molecular flexibility index (Phi) is 6.28. The lowest BCUT2D eigenvalue weighted by molar-refractivity contribution is 0.0518. The zero-order valence-electron chi connectivity index (χ0n) is 13.5. The van der Waals surface area contributed by atoms with Gasteiger partial charge in [0.2, 0.25) is 0 Å². The van der Waals surface area contributed by atoms with Crippen LogP contribution in [-0.2, 0) is 11.2 Å². The quantitative estimate of drug-likeness (QED) is 0.841. The van der Waals surface area contributed by atoms with Crippen LogP contribution in [0.3, 0.4) is 0 Å². The number of methoxy groups -OCH3 is 1. The highest BCUT2D eigenvalue weighted by Crippen LogP contribution is 2.12. The Morgan fingerprint density at radius 2 is 1.90 bits per heavy atom. The first-order valence-electron chi connectivity index (χ1n) is 7.09. The highest BCUT2D eigenvalue weighted by Gasteiger charge is 2.16. The SMILES string of the molecule is COc1ccc(C/C=C/[C@@H](C)NC(=O)OC(C)(C)C)cc1. The molecule has 0 radical (unpaired) electrons. The van der Waals surface area contributed by atoms with Crippen LogP contribution in [0.4, 0.5) is 4.79 Å². The van der Waals surface area contributed by atoms with Crippen molar-refractivity contribution in [3.8, 4) is 5.75 Å². The van der Waals surface area contributed by atoms with E-state index in [1.165, 1.54) is 5.56 Å². The molecule has 21 heavy (non-hydrogen) atoms. The molecule has 0 spiro atoms. The average molecular weight is 291 g/mol. The highest BCUT2D eigenvalue weighted by atomic mass is 16.6. The molecule has 0 fully saturated rings. The maximum atomic E-state index is 11.6. The highest BCUT2D eigenvalue weighted by molar-refractivity contribution is 5.68. The van der Waals surface area contributed by atoms with Crippen molar-refractivity contribution >= 4 is 6.09 Å². The lowest BCUT2D eigenvalue weighted by Crippen LogP contribution is -2.36. The third-order valence-corrected chi connectivity index (χ3v) is 2.68. The van der Waals surface area contributed by atoms with Crippen LogP contribution in [0.15, 0.2) is 36.4 Å². The monoisotopic (exact) mass is 291 g/mol. The number of amides is 1. The van der Waals surface area contributed by atoms with E-state index in [0.717, 1.165) is 12.2 Å². The summed E-state index contributed by atoms with van der Waals surface area (Å²) in [7, 11) is 1.65. The third kappa shape index (κ3) is 7.40. The van der Waals surface area contributed by atoms with Crippen molar-refractivity contribution in [1.82, 2.24) is 5.32 Å². The number of hydrogen-bond donors (Lipinski definition) is 1. The molecule has 0 aliphatic heterocycles. The number of ether oxygens (including phenoxy) is 2. The molecule has 0 bridgehead atoms. The van der Waals surface area contributed by atoms with E-state index in [2.05, 4.69) is 5.32 Å². The van der Waals surface area contributed by atoms with Gasteiger partial charge in [0.1, 0.15) is 11.4 Å². The molecule has 4 nitrogen and oxygen atoms in total. The van der Waals surface area contributed by atoms with Gasteiger partial charge in [-0.25, -0.2) is 4.79 Å². The zero-order valence-corrected chi connectivity index (χ0v) is 13.5. The molecule has 116 valence electrons. The summed E-state index contributed by atoms with van der Waals surface area (Å²) in [6, 6.07) is 7.85. The first-order valence-corrected chi connectivity index (χ1v) is 7.09. The standard InChI is InChI=1S/C17H25NO3/c1-13(18-16(19)21-17(2,3)4)7-6-8-14-9-11-15(20-5)12-10-14/h6-7,9-13H,8H2,1-5H3,(H,18,19)/b7-6+/t13-/m1/s1. The van der Waals surface area contributed by atoms with Gasteiger partial charge in [0.15, 0.2) is 0 Å². The largest absolute Gasteiger partial charge is 0.497 e. The molecule has 1 atom stereocenters. The van der Waals surface area contributed by atoms with E-state index in [1.54, 1.807) is 7.11 Å². The Hall–Kier alpha value is -1.97. The number of nitrogens with one attached hydrogen (secondary N) is 1. The van der Waals surface area contributed by atoms with Crippen molar-refractivity contribution in [3.05, 3.63) is 42.0 Å². The molecule has 1 amide bonds. The number of carbonyl (C=O) groups is 1. The Balaban J connectivity index is 2.39. The zero-order chi connectivity index (χ0) is 15.9. The van der Waals surface area contributed by atoms with Crippen LogP contribution in [0, 0.1) is 0 Å². The van der Waals surface area contributed by atoms with Gasteiger partial charge >= 0.3 is 6.09 Å². The molecule has 0 saturated carbocycles. The molecule has 1 aromatic rings. The van der Waals surface area contributed by atoms with Gasteiger partial charge in [-0.1, -0.05) is 24.3 Å². The number of alkyl carbamates (subject to hydrolysis) is 1. The number of benzene rings is 1. The normalized spacial score (nSPS) is 13.0. The summed E-state index contributed by atoms with van der Waals surface area (Å²) in [6.07, 6.45) is 4.39. The summed E-state index contributed by atoms with van der Waals surface area (Å²) in [6.45, 7) is 7.44. The van der Waals surface area contributed by atoms with Crippen LogP contribution < -0.4 is 10.1 Å². The maximum Gasteiger partial charge on any atom is 0.408 e. The molecule has 1 N–H and O–H groups in total. The first-order chi connectivity index (χ1) is 9.80. The van der Waals surface area contributed by atoms with E-state index < -0.39 is 11.7 Å². The third-order valence-electron chi connectivity index (χ3n) is 2.68. The van der Waals surface area contributed by atoms with E-state index in [9.17, 15) is 4.79 Å². The fraction of sp³-hybridized carbons (Fsp3) is 0.471. The fourth-order valence-corrected chi connectivity index (χ4v) is 1.71. The van der Waals surface area contributed by atoms with Crippen molar-refractivity contribution in [2.24, 2.45) is 0 Å². The Labute approximate surface area is 127 Å². The van der Waals surface area contributed by atoms with Gasteiger partial charge in [-0.05, 0) is 51.8 Å². The Bertz CT molecular complexity index is 472. The summed E-state index contributed by atoms with van der Waals surface area (Å²) >= 11 is 0. The van der Waals surface area contributed by atoms with Gasteiger partial charge in [-0.3, -0.25) is 0 Å². The average Bonchev–Trinajstić information content (AvgIpc) is 2.37. The van der Waals surface area contributed by atoms with Gasteiger partial charge in [-0.15, -0.1) is 0 Å². The molecule has 0 aliphatic rings. The molecular formula is C17H25NO3. The first kappa shape index (κ1) is 17.1. The predicted octanol–water partition coefficient (Wildman–Crippen LogP) is 3.71. The number of hydrogen-bond acceptors (Lipinski definition) is 3. The van der Waals surface area contributed by atoms with Crippen LogP contribution in [0.25, 0.3) is 0 Å². The fourth-order valence-electron chi connectivity index (χ4n) is 1.71. The topological polar surface area (TPSA) is 47.6 Å². The molecule has 0 unspecified atom stereocenters. The van der Waals surface area contributed by atoms with Crippen LogP contribution in [-0.4, -0.2) is 24.8 Å². The number of allylic oxidation sites excluding steroid dienone is 1. The van der Waals surface area contributed by atoms with Gasteiger partial charge in [-0.2, -0.15) is 0 Å². The molecule has 4 heteroatoms. The molecule has 0 heterocycles. The summed E-state index contributed by atoms with van der Waals surface area (Å²) in [4.78, 5) is 11.6. The molecule has 0 aliphatic carbocycles. The minimum Gasteiger partial charge on any atom is -0.497 e. The molecule has 0 aromatic heterocycles. The van der Waals surface area contributed by atoms with Crippen molar-refractivity contribution in [2.75, 3.05) is 7.11 Å². The van der Waals surface area contributed by atoms with Crippen LogP contribution in [0.2, 0.25) is 0 Å². The van der Waals surface area contributed by atoms with Gasteiger partial charge < -0.3 is 14.8 Å². The second-order valence-corrected chi connectivity index (χ2v) is 5.92. The van der Waals surface area contributed by atoms with E-state index in [1.807, 2.05) is 64.1 Å². The second-order valence-electron chi connectivity index (χ2n) is 5.92. The summed E-state index contributed by atoms with van der Waals surface area (Å²) < 4.78 is 10.3. The van der Waals surface area contributed by atoms with E-state index in [0.29, 0.717) is 0 Å². The van der Waals surface area contributed by atoms with Crippen molar-refractivity contribution in [1.29, 1.82) is 0 Å².